The summed E-state index contributed by atoms with van der Waals surface area (Å²) in [6.07, 6.45) is 0. The zero-order valence-electron chi connectivity index (χ0n) is 6.54. The van der Waals surface area contributed by atoms with E-state index >= 15 is 0 Å². The zero-order valence-corrected chi connectivity index (χ0v) is 6.54. The maximum Gasteiger partial charge on any atom is 0.165 e. The van der Waals surface area contributed by atoms with Crippen LogP contribution in [0.4, 0.5) is 4.39 Å². The second-order valence-electron chi connectivity index (χ2n) is 1.63. The normalized spacial score (nSPS) is 8.00. The first kappa shape index (κ1) is 9.91. The van der Waals surface area contributed by atoms with Crippen LogP contribution in [0.1, 0.15) is 0 Å². The lowest BCUT2D eigenvalue weighted by atomic mass is 10.3. The van der Waals surface area contributed by atoms with Gasteiger partial charge in [0.2, 0.25) is 0 Å². The lowest BCUT2D eigenvalue weighted by molar-refractivity contribution is 0.386. The smallest absolute Gasteiger partial charge is 0.165 e. The molecule has 11 heavy (non-hydrogen) atoms. The van der Waals surface area contributed by atoms with Crippen LogP contribution in [0.2, 0.25) is 0 Å². The molecule has 0 unspecified atom stereocenters. The van der Waals surface area contributed by atoms with Gasteiger partial charge in [0.05, 0.1) is 7.11 Å². The van der Waals surface area contributed by atoms with Crippen molar-refractivity contribution in [2.24, 2.45) is 0 Å². The highest BCUT2D eigenvalue weighted by atomic mass is 19.1. The van der Waals surface area contributed by atoms with Crippen LogP contribution >= 0.6 is 0 Å². The number of aliphatic hydroxyl groups excluding tert-OH is 1. The van der Waals surface area contributed by atoms with Crippen molar-refractivity contribution < 1.29 is 14.2 Å². The van der Waals surface area contributed by atoms with E-state index < -0.39 is 0 Å². The summed E-state index contributed by atoms with van der Waals surface area (Å²) in [5, 5.41) is 7.00. The average Bonchev–Trinajstić information content (AvgIpc) is 2.09. The molecule has 0 saturated heterocycles. The Bertz CT molecular complexity index is 201. The van der Waals surface area contributed by atoms with Gasteiger partial charge in [0, 0.05) is 7.11 Å². The monoisotopic (exact) mass is 158 g/mol. The van der Waals surface area contributed by atoms with Crippen LogP contribution in [0.15, 0.2) is 24.3 Å². The van der Waals surface area contributed by atoms with E-state index in [1.807, 2.05) is 0 Å². The summed E-state index contributed by atoms with van der Waals surface area (Å²) in [5.74, 6) is -0.0301. The van der Waals surface area contributed by atoms with Crippen LogP contribution in [0.25, 0.3) is 0 Å². The van der Waals surface area contributed by atoms with Crippen molar-refractivity contribution in [2.45, 2.75) is 0 Å². The summed E-state index contributed by atoms with van der Waals surface area (Å²) in [5.41, 5.74) is 0. The number of halogens is 1. The SMILES string of the molecule is CO.COc1ccccc1F. The van der Waals surface area contributed by atoms with E-state index in [1.54, 1.807) is 18.2 Å². The maximum absolute atomic E-state index is 12.5. The van der Waals surface area contributed by atoms with Crippen molar-refractivity contribution in [3.8, 4) is 5.75 Å². The summed E-state index contributed by atoms with van der Waals surface area (Å²) in [7, 11) is 2.44. The van der Waals surface area contributed by atoms with E-state index in [1.165, 1.54) is 13.2 Å². The molecule has 0 saturated carbocycles. The van der Waals surface area contributed by atoms with Crippen molar-refractivity contribution in [2.75, 3.05) is 14.2 Å². The topological polar surface area (TPSA) is 29.5 Å². The number of benzene rings is 1. The first-order valence-electron chi connectivity index (χ1n) is 3.08. The maximum atomic E-state index is 12.5. The Morgan fingerprint density at radius 2 is 1.82 bits per heavy atom. The van der Waals surface area contributed by atoms with Crippen LogP contribution in [-0.2, 0) is 0 Å². The molecular formula is C8H11FO2. The van der Waals surface area contributed by atoms with Crippen molar-refractivity contribution in [3.05, 3.63) is 30.1 Å². The minimum Gasteiger partial charge on any atom is -0.494 e. The number of rotatable bonds is 1. The Labute approximate surface area is 65.2 Å². The molecule has 0 aromatic heterocycles. The van der Waals surface area contributed by atoms with E-state index in [0.29, 0.717) is 0 Å². The molecule has 0 aliphatic heterocycles. The molecular weight excluding hydrogens is 147 g/mol. The first-order chi connectivity index (χ1) is 5.34. The van der Waals surface area contributed by atoms with Gasteiger partial charge in [0.15, 0.2) is 11.6 Å². The van der Waals surface area contributed by atoms with Gasteiger partial charge in [-0.25, -0.2) is 4.39 Å². The molecule has 1 rings (SSSR count). The molecule has 1 aromatic rings. The first-order valence-corrected chi connectivity index (χ1v) is 3.08. The molecule has 0 heterocycles. The third kappa shape index (κ3) is 3.00. The largest absolute Gasteiger partial charge is 0.494 e. The minimum absolute atomic E-state index is 0.289. The lowest BCUT2D eigenvalue weighted by Crippen LogP contribution is -1.85. The molecule has 0 spiro atoms. The Morgan fingerprint density at radius 3 is 2.18 bits per heavy atom. The molecule has 0 aliphatic carbocycles. The standard InChI is InChI=1S/C7H7FO.CH4O/c1-9-7-5-3-2-4-6(7)8;1-2/h2-5H,1H3;2H,1H3. The van der Waals surface area contributed by atoms with Crippen LogP contribution in [0.5, 0.6) is 5.75 Å². The molecule has 0 bridgehead atoms. The van der Waals surface area contributed by atoms with Crippen LogP contribution in [-0.4, -0.2) is 19.3 Å². The fraction of sp³-hybridized carbons (Fsp3) is 0.250. The van der Waals surface area contributed by atoms with Crippen molar-refractivity contribution in [3.63, 3.8) is 0 Å². The van der Waals surface area contributed by atoms with Crippen molar-refractivity contribution in [1.82, 2.24) is 0 Å². The molecule has 62 valence electrons. The molecule has 2 nitrogen and oxygen atoms in total. The van der Waals surface area contributed by atoms with Crippen LogP contribution in [0.3, 0.4) is 0 Å². The number of methoxy groups -OCH3 is 1. The molecule has 0 fully saturated rings. The van der Waals surface area contributed by atoms with Gasteiger partial charge in [0.25, 0.3) is 0 Å². The van der Waals surface area contributed by atoms with Gasteiger partial charge in [-0.3, -0.25) is 0 Å². The molecule has 1 N–H and O–H groups in total. The highest BCUT2D eigenvalue weighted by molar-refractivity contribution is 5.23. The summed E-state index contributed by atoms with van der Waals surface area (Å²) in [6.45, 7) is 0. The summed E-state index contributed by atoms with van der Waals surface area (Å²) >= 11 is 0. The van der Waals surface area contributed by atoms with E-state index in [9.17, 15) is 4.39 Å². The Morgan fingerprint density at radius 1 is 1.27 bits per heavy atom. The second kappa shape index (κ2) is 5.68. The van der Waals surface area contributed by atoms with Gasteiger partial charge in [0.1, 0.15) is 0 Å². The van der Waals surface area contributed by atoms with E-state index in [-0.39, 0.29) is 11.6 Å². The Balaban J connectivity index is 0.000000461. The Kier molecular flexibility index (Phi) is 5.11. The molecule has 0 amide bonds. The van der Waals surface area contributed by atoms with E-state index in [0.717, 1.165) is 7.11 Å². The number of hydrogen-bond donors (Lipinski definition) is 1. The van der Waals surface area contributed by atoms with E-state index in [4.69, 9.17) is 5.11 Å². The van der Waals surface area contributed by atoms with Crippen molar-refractivity contribution >= 4 is 0 Å². The third-order valence-corrected chi connectivity index (χ3v) is 1.06. The van der Waals surface area contributed by atoms with Gasteiger partial charge in [-0.2, -0.15) is 0 Å². The molecule has 0 atom stereocenters. The highest BCUT2D eigenvalue weighted by Gasteiger charge is 1.95. The number of ether oxygens (including phenoxy) is 1. The van der Waals surface area contributed by atoms with Crippen LogP contribution in [0, 0.1) is 5.82 Å². The predicted octanol–water partition coefficient (Wildman–Crippen LogP) is 1.44. The molecule has 1 aromatic carbocycles. The quantitative estimate of drug-likeness (QED) is 0.670. The fourth-order valence-corrected chi connectivity index (χ4v) is 0.610. The summed E-state index contributed by atoms with van der Waals surface area (Å²) in [4.78, 5) is 0. The Hall–Kier alpha value is -1.09. The lowest BCUT2D eigenvalue weighted by Gasteiger charge is -1.97. The molecule has 3 heteroatoms. The second-order valence-corrected chi connectivity index (χ2v) is 1.63. The number of aliphatic hydroxyl groups is 1. The van der Waals surface area contributed by atoms with Gasteiger partial charge in [-0.05, 0) is 12.1 Å². The molecule has 0 radical (unpaired) electrons. The van der Waals surface area contributed by atoms with Gasteiger partial charge in [-0.15, -0.1) is 0 Å². The molecule has 0 aliphatic rings. The zero-order chi connectivity index (χ0) is 8.69. The average molecular weight is 158 g/mol. The minimum atomic E-state index is -0.319. The highest BCUT2D eigenvalue weighted by Crippen LogP contribution is 2.13. The van der Waals surface area contributed by atoms with Crippen LogP contribution < -0.4 is 4.74 Å². The number of para-hydroxylation sites is 1. The summed E-state index contributed by atoms with van der Waals surface area (Å²) in [6, 6.07) is 6.29. The third-order valence-electron chi connectivity index (χ3n) is 1.06. The summed E-state index contributed by atoms with van der Waals surface area (Å²) < 4.78 is 17.1. The van der Waals surface area contributed by atoms with Gasteiger partial charge >= 0.3 is 0 Å². The van der Waals surface area contributed by atoms with Gasteiger partial charge in [-0.1, -0.05) is 12.1 Å². The van der Waals surface area contributed by atoms with Crippen molar-refractivity contribution in [1.29, 1.82) is 0 Å². The predicted molar refractivity (Wildman–Crippen MR) is 41.1 cm³/mol. The van der Waals surface area contributed by atoms with E-state index in [2.05, 4.69) is 4.74 Å². The number of hydrogen-bond acceptors (Lipinski definition) is 2. The van der Waals surface area contributed by atoms with Gasteiger partial charge < -0.3 is 9.84 Å². The fourth-order valence-electron chi connectivity index (χ4n) is 0.610.